The molecule has 0 unspecified atom stereocenters. The lowest BCUT2D eigenvalue weighted by Crippen LogP contribution is -2.01. The van der Waals surface area contributed by atoms with Crippen molar-refractivity contribution < 1.29 is 5.11 Å². The van der Waals surface area contributed by atoms with E-state index in [2.05, 4.69) is 75.5 Å². The zero-order chi connectivity index (χ0) is 23.5. The topological polar surface area (TPSA) is 45.0 Å². The van der Waals surface area contributed by atoms with Crippen LogP contribution in [0.1, 0.15) is 58.2 Å². The number of hydrogen-bond donors (Lipinski definition) is 1. The molecule has 3 aromatic rings. The Hall–Kier alpha value is -3.56. The number of benzene rings is 3. The number of azo groups is 1. The molecule has 0 heterocycles. The molecule has 162 valence electrons. The molecule has 0 aromatic heterocycles. The molecule has 3 aromatic carbocycles. The van der Waals surface area contributed by atoms with Crippen LogP contribution in [-0.2, 0) is 0 Å². The molecular weight excluding hydrogens is 392 g/mol. The summed E-state index contributed by atoms with van der Waals surface area (Å²) in [6.45, 7) is 14.6. The predicted octanol–water partition coefficient (Wildman–Crippen LogP) is 8.06. The fourth-order valence-electron chi connectivity index (χ4n) is 2.98. The number of aromatic hydroxyl groups is 1. The van der Waals surface area contributed by atoms with Crippen molar-refractivity contribution in [1.82, 2.24) is 0 Å². The smallest absolute Gasteiger partial charge is 0.143 e. The molecule has 3 rings (SSSR count). The van der Waals surface area contributed by atoms with E-state index < -0.39 is 0 Å². The van der Waals surface area contributed by atoms with Gasteiger partial charge in [0.25, 0.3) is 0 Å². The van der Waals surface area contributed by atoms with Crippen molar-refractivity contribution in [2.24, 2.45) is 21.1 Å². The van der Waals surface area contributed by atoms with Crippen LogP contribution in [-0.4, -0.2) is 5.11 Å². The lowest BCUT2D eigenvalue weighted by Gasteiger charge is -2.10. The molecule has 0 aliphatic carbocycles. The summed E-state index contributed by atoms with van der Waals surface area (Å²) in [4.78, 5) is 0. The predicted molar refractivity (Wildman–Crippen MR) is 134 cm³/mol. The maximum Gasteiger partial charge on any atom is 0.143 e. The largest absolute Gasteiger partial charge is 0.506 e. The number of rotatable bonds is 2. The van der Waals surface area contributed by atoms with Crippen LogP contribution in [0.4, 0.5) is 11.4 Å². The van der Waals surface area contributed by atoms with Crippen LogP contribution < -0.4 is 0 Å². The van der Waals surface area contributed by atoms with Gasteiger partial charge in [0, 0.05) is 27.3 Å². The van der Waals surface area contributed by atoms with Crippen LogP contribution in [0.3, 0.4) is 0 Å². The van der Waals surface area contributed by atoms with Gasteiger partial charge in [-0.15, -0.1) is 5.11 Å². The Morgan fingerprint density at radius 2 is 1.31 bits per heavy atom. The molecule has 0 radical (unpaired) electrons. The molecule has 0 saturated carbocycles. The zero-order valence-corrected chi connectivity index (χ0v) is 20.0. The lowest BCUT2D eigenvalue weighted by molar-refractivity contribution is 0.477. The normalized spacial score (nSPS) is 11.7. The average Bonchev–Trinajstić information content (AvgIpc) is 2.70. The fraction of sp³-hybridized carbons (Fsp3) is 0.310. The highest BCUT2D eigenvalue weighted by atomic mass is 16.3. The van der Waals surface area contributed by atoms with Gasteiger partial charge in [0.15, 0.2) is 0 Å². The van der Waals surface area contributed by atoms with Crippen LogP contribution in [0.2, 0.25) is 0 Å². The van der Waals surface area contributed by atoms with E-state index in [1.807, 2.05) is 49.4 Å². The Balaban J connectivity index is 2.14. The number of fused-ring (bicyclic) bond motifs is 1. The van der Waals surface area contributed by atoms with E-state index in [0.29, 0.717) is 11.4 Å². The summed E-state index contributed by atoms with van der Waals surface area (Å²) in [7, 11) is 0. The van der Waals surface area contributed by atoms with Gasteiger partial charge in [-0.3, -0.25) is 0 Å². The summed E-state index contributed by atoms with van der Waals surface area (Å²) >= 11 is 0. The van der Waals surface area contributed by atoms with E-state index >= 15 is 0 Å². The van der Waals surface area contributed by atoms with Gasteiger partial charge >= 0.3 is 0 Å². The van der Waals surface area contributed by atoms with Crippen molar-refractivity contribution in [1.29, 1.82) is 0 Å². The van der Waals surface area contributed by atoms with E-state index in [9.17, 15) is 5.11 Å². The summed E-state index contributed by atoms with van der Waals surface area (Å²) < 4.78 is 0. The first-order valence-electron chi connectivity index (χ1n) is 10.8. The third-order valence-electron chi connectivity index (χ3n) is 4.68. The standard InChI is InChI=1S/C29H30N2O/c1-20-22(14-16-28(2,3)4)18-24(19-23(20)15-17-29(5,6)7)30-31-27-25-11-9-8-10-21(25)12-13-26(27)32/h8-13,18-19,32H,1-7H3/b31-30+. The molecular formula is C29H30N2O. The molecule has 0 amide bonds. The van der Waals surface area contributed by atoms with Gasteiger partial charge in [-0.25, -0.2) is 0 Å². The van der Waals surface area contributed by atoms with Crippen molar-refractivity contribution in [3.05, 3.63) is 65.2 Å². The molecule has 0 spiro atoms. The van der Waals surface area contributed by atoms with Crippen LogP contribution in [0.15, 0.2) is 58.8 Å². The van der Waals surface area contributed by atoms with Crippen LogP contribution >= 0.6 is 0 Å². The first kappa shape index (κ1) is 23.1. The maximum atomic E-state index is 10.4. The second kappa shape index (κ2) is 8.89. The van der Waals surface area contributed by atoms with Crippen molar-refractivity contribution in [2.75, 3.05) is 0 Å². The minimum atomic E-state index is -0.115. The van der Waals surface area contributed by atoms with Crippen molar-refractivity contribution in [3.8, 4) is 29.4 Å². The number of phenolic OH excluding ortho intramolecular Hbond substituents is 1. The van der Waals surface area contributed by atoms with Gasteiger partial charge in [-0.05, 0) is 77.6 Å². The summed E-state index contributed by atoms with van der Waals surface area (Å²) in [5.74, 6) is 13.3. The van der Waals surface area contributed by atoms with Crippen LogP contribution in [0.25, 0.3) is 10.8 Å². The van der Waals surface area contributed by atoms with Gasteiger partial charge in [-0.2, -0.15) is 5.11 Å². The minimum absolute atomic E-state index is 0.0973. The molecule has 0 fully saturated rings. The van der Waals surface area contributed by atoms with E-state index in [1.165, 1.54) is 0 Å². The minimum Gasteiger partial charge on any atom is -0.506 e. The molecule has 0 saturated heterocycles. The average molecular weight is 423 g/mol. The Labute approximate surface area is 191 Å². The van der Waals surface area contributed by atoms with Gasteiger partial charge in [-0.1, -0.05) is 54.0 Å². The van der Waals surface area contributed by atoms with Crippen LogP contribution in [0, 0.1) is 41.4 Å². The number of hydrogen-bond acceptors (Lipinski definition) is 3. The Kier molecular flexibility index (Phi) is 6.42. The molecule has 0 atom stereocenters. The first-order valence-corrected chi connectivity index (χ1v) is 10.8. The number of phenols is 1. The van der Waals surface area contributed by atoms with Gasteiger partial charge in [0.2, 0.25) is 0 Å². The monoisotopic (exact) mass is 422 g/mol. The third-order valence-corrected chi connectivity index (χ3v) is 4.68. The van der Waals surface area contributed by atoms with Gasteiger partial charge in [0.1, 0.15) is 11.4 Å². The zero-order valence-electron chi connectivity index (χ0n) is 20.0. The lowest BCUT2D eigenvalue weighted by atomic mass is 9.94. The number of nitrogens with zero attached hydrogens (tertiary/aromatic N) is 2. The van der Waals surface area contributed by atoms with Gasteiger partial charge < -0.3 is 5.11 Å². The van der Waals surface area contributed by atoms with Crippen molar-refractivity contribution in [3.63, 3.8) is 0 Å². The maximum absolute atomic E-state index is 10.4. The molecule has 0 bridgehead atoms. The summed E-state index contributed by atoms with van der Waals surface area (Å²) in [6, 6.07) is 15.2. The molecule has 3 nitrogen and oxygen atoms in total. The second-order valence-corrected chi connectivity index (χ2v) is 10.0. The van der Waals surface area contributed by atoms with E-state index in [1.54, 1.807) is 6.07 Å². The Morgan fingerprint density at radius 1 is 0.750 bits per heavy atom. The Morgan fingerprint density at radius 3 is 1.88 bits per heavy atom. The summed E-state index contributed by atoms with van der Waals surface area (Å²) in [6.07, 6.45) is 0. The van der Waals surface area contributed by atoms with E-state index in [-0.39, 0.29) is 16.6 Å². The van der Waals surface area contributed by atoms with E-state index in [4.69, 9.17) is 0 Å². The highest BCUT2D eigenvalue weighted by Gasteiger charge is 2.10. The van der Waals surface area contributed by atoms with Gasteiger partial charge in [0.05, 0.1) is 5.69 Å². The van der Waals surface area contributed by atoms with Crippen LogP contribution in [0.5, 0.6) is 5.75 Å². The SMILES string of the molecule is Cc1c(C#CC(C)(C)C)cc(/N=N/c2c(O)ccc3ccccc23)cc1C#CC(C)(C)C. The highest BCUT2D eigenvalue weighted by molar-refractivity contribution is 5.95. The van der Waals surface area contributed by atoms with E-state index in [0.717, 1.165) is 27.5 Å². The summed E-state index contributed by atoms with van der Waals surface area (Å²) in [5.41, 5.74) is 3.68. The molecule has 3 heteroatoms. The highest BCUT2D eigenvalue weighted by Crippen LogP contribution is 2.36. The first-order chi connectivity index (χ1) is 14.9. The van der Waals surface area contributed by atoms with Crippen molar-refractivity contribution in [2.45, 2.75) is 48.5 Å². The molecule has 0 aliphatic rings. The molecule has 0 aliphatic heterocycles. The summed E-state index contributed by atoms with van der Waals surface area (Å²) in [5, 5.41) is 21.1. The second-order valence-electron chi connectivity index (χ2n) is 10.0. The Bertz CT molecular complexity index is 1260. The van der Waals surface area contributed by atoms with Crippen molar-refractivity contribution >= 4 is 22.1 Å². The molecule has 32 heavy (non-hydrogen) atoms. The third kappa shape index (κ3) is 5.99. The fourth-order valence-corrected chi connectivity index (χ4v) is 2.98. The quantitative estimate of drug-likeness (QED) is 0.329. The molecule has 1 N–H and O–H groups in total.